The molecule has 2 atom stereocenters. The van der Waals surface area contributed by atoms with Gasteiger partial charge in [-0.3, -0.25) is 4.79 Å². The van der Waals surface area contributed by atoms with Gasteiger partial charge in [-0.25, -0.2) is 0 Å². The van der Waals surface area contributed by atoms with Gasteiger partial charge in [-0.2, -0.15) is 0 Å². The fourth-order valence-corrected chi connectivity index (χ4v) is 1.86. The Morgan fingerprint density at radius 2 is 1.81 bits per heavy atom. The summed E-state index contributed by atoms with van der Waals surface area (Å²) in [4.78, 5) is 10.7. The number of amides is 1. The van der Waals surface area contributed by atoms with E-state index in [2.05, 4.69) is 5.32 Å². The molecule has 0 aliphatic carbocycles. The second kappa shape index (κ2) is 7.43. The summed E-state index contributed by atoms with van der Waals surface area (Å²) in [7, 11) is 0. The minimum Gasteiger partial charge on any atom is -0.488 e. The van der Waals surface area contributed by atoms with Gasteiger partial charge in [-0.05, 0) is 44.9 Å². The standard InChI is InChI=1S/C16H25NO4/c1-11(18)17-10-9-14(19)15(20)12-5-7-13(8-6-12)21-16(2,3)4/h5-8,14-15,19-20H,9-10H2,1-4H3,(H,17,18). The molecule has 0 fully saturated rings. The Labute approximate surface area is 125 Å². The first-order valence-electron chi connectivity index (χ1n) is 7.08. The van der Waals surface area contributed by atoms with Gasteiger partial charge in [0.25, 0.3) is 0 Å². The molecule has 3 N–H and O–H groups in total. The first kappa shape index (κ1) is 17.5. The Bertz CT molecular complexity index is 450. The van der Waals surface area contributed by atoms with Crippen molar-refractivity contribution < 1.29 is 19.7 Å². The molecule has 0 aromatic heterocycles. The van der Waals surface area contributed by atoms with E-state index in [1.54, 1.807) is 24.3 Å². The Balaban J connectivity index is 2.57. The highest BCUT2D eigenvalue weighted by atomic mass is 16.5. The molecular weight excluding hydrogens is 270 g/mol. The van der Waals surface area contributed by atoms with Gasteiger partial charge in [0, 0.05) is 13.5 Å². The molecule has 1 aromatic rings. The zero-order chi connectivity index (χ0) is 16.0. The van der Waals surface area contributed by atoms with Gasteiger partial charge in [-0.15, -0.1) is 0 Å². The second-order valence-corrected chi connectivity index (χ2v) is 6.07. The molecule has 0 spiro atoms. The van der Waals surface area contributed by atoms with E-state index in [-0.39, 0.29) is 11.5 Å². The summed E-state index contributed by atoms with van der Waals surface area (Å²) in [5.41, 5.74) is 0.337. The molecule has 0 aliphatic rings. The molecular formula is C16H25NO4. The van der Waals surface area contributed by atoms with Crippen molar-refractivity contribution in [3.63, 3.8) is 0 Å². The van der Waals surface area contributed by atoms with Crippen molar-refractivity contribution in [2.45, 2.75) is 51.9 Å². The Morgan fingerprint density at radius 1 is 1.24 bits per heavy atom. The van der Waals surface area contributed by atoms with Gasteiger partial charge in [0.15, 0.2) is 0 Å². The summed E-state index contributed by atoms with van der Waals surface area (Å²) < 4.78 is 5.70. The minimum atomic E-state index is -0.984. The number of carbonyl (C=O) groups is 1. The predicted octanol–water partition coefficient (Wildman–Crippen LogP) is 1.78. The van der Waals surface area contributed by atoms with E-state index in [1.165, 1.54) is 6.92 Å². The van der Waals surface area contributed by atoms with Crippen molar-refractivity contribution in [3.05, 3.63) is 29.8 Å². The van der Waals surface area contributed by atoms with E-state index < -0.39 is 12.2 Å². The van der Waals surface area contributed by atoms with Gasteiger partial charge in [0.1, 0.15) is 17.5 Å². The van der Waals surface area contributed by atoms with Crippen molar-refractivity contribution in [3.8, 4) is 5.75 Å². The third-order valence-corrected chi connectivity index (χ3v) is 2.82. The number of carbonyl (C=O) groups excluding carboxylic acids is 1. The monoisotopic (exact) mass is 295 g/mol. The normalized spacial score (nSPS) is 14.4. The minimum absolute atomic E-state index is 0.152. The summed E-state index contributed by atoms with van der Waals surface area (Å²) in [5.74, 6) is 0.562. The SMILES string of the molecule is CC(=O)NCCC(O)C(O)c1ccc(OC(C)(C)C)cc1. The highest BCUT2D eigenvalue weighted by Crippen LogP contribution is 2.23. The van der Waals surface area contributed by atoms with E-state index >= 15 is 0 Å². The number of aliphatic hydroxyl groups is 2. The summed E-state index contributed by atoms with van der Waals surface area (Å²) in [5, 5.41) is 22.6. The summed E-state index contributed by atoms with van der Waals surface area (Å²) in [6, 6.07) is 7.00. The number of aliphatic hydroxyl groups excluding tert-OH is 2. The maximum absolute atomic E-state index is 10.7. The maximum atomic E-state index is 10.7. The lowest BCUT2D eigenvalue weighted by Crippen LogP contribution is -2.27. The lowest BCUT2D eigenvalue weighted by Gasteiger charge is -2.22. The van der Waals surface area contributed by atoms with Crippen LogP contribution in [0.15, 0.2) is 24.3 Å². The number of rotatable bonds is 6. The van der Waals surface area contributed by atoms with Crippen LogP contribution in [-0.2, 0) is 4.79 Å². The van der Waals surface area contributed by atoms with Crippen LogP contribution in [0, 0.1) is 0 Å². The Hall–Kier alpha value is -1.59. The van der Waals surface area contributed by atoms with E-state index in [0.717, 1.165) is 0 Å². The van der Waals surface area contributed by atoms with Crippen LogP contribution in [0.3, 0.4) is 0 Å². The number of hydrogen-bond acceptors (Lipinski definition) is 4. The zero-order valence-corrected chi connectivity index (χ0v) is 13.1. The van der Waals surface area contributed by atoms with Gasteiger partial charge >= 0.3 is 0 Å². The highest BCUT2D eigenvalue weighted by molar-refractivity contribution is 5.72. The van der Waals surface area contributed by atoms with Crippen LogP contribution in [0.25, 0.3) is 0 Å². The van der Waals surface area contributed by atoms with Gasteiger partial charge in [-0.1, -0.05) is 12.1 Å². The molecule has 21 heavy (non-hydrogen) atoms. The first-order valence-corrected chi connectivity index (χ1v) is 7.08. The largest absolute Gasteiger partial charge is 0.488 e. The second-order valence-electron chi connectivity index (χ2n) is 6.07. The molecule has 1 rings (SSSR count). The Kier molecular flexibility index (Phi) is 6.18. The molecule has 0 saturated heterocycles. The van der Waals surface area contributed by atoms with Gasteiger partial charge < -0.3 is 20.3 Å². The van der Waals surface area contributed by atoms with Crippen molar-refractivity contribution in [1.82, 2.24) is 5.32 Å². The summed E-state index contributed by atoms with van der Waals surface area (Å²) in [6.45, 7) is 7.63. The third-order valence-electron chi connectivity index (χ3n) is 2.82. The van der Waals surface area contributed by atoms with Crippen LogP contribution in [0.5, 0.6) is 5.75 Å². The zero-order valence-electron chi connectivity index (χ0n) is 13.1. The summed E-state index contributed by atoms with van der Waals surface area (Å²) in [6.07, 6.45) is -1.62. The molecule has 0 bridgehead atoms. The fraction of sp³-hybridized carbons (Fsp3) is 0.562. The van der Waals surface area contributed by atoms with Crippen molar-refractivity contribution in [2.24, 2.45) is 0 Å². The van der Waals surface area contributed by atoms with Gasteiger partial charge in [0.05, 0.1) is 6.10 Å². The average Bonchev–Trinajstić information content (AvgIpc) is 2.36. The van der Waals surface area contributed by atoms with E-state index in [4.69, 9.17) is 4.74 Å². The van der Waals surface area contributed by atoms with E-state index in [1.807, 2.05) is 20.8 Å². The molecule has 1 aromatic carbocycles. The number of ether oxygens (including phenoxy) is 1. The molecule has 0 saturated carbocycles. The maximum Gasteiger partial charge on any atom is 0.216 e. The van der Waals surface area contributed by atoms with Crippen molar-refractivity contribution >= 4 is 5.91 Å². The summed E-state index contributed by atoms with van der Waals surface area (Å²) >= 11 is 0. The van der Waals surface area contributed by atoms with Crippen LogP contribution < -0.4 is 10.1 Å². The van der Waals surface area contributed by atoms with Crippen LogP contribution in [-0.4, -0.2) is 34.4 Å². The van der Waals surface area contributed by atoms with Crippen molar-refractivity contribution in [1.29, 1.82) is 0 Å². The number of hydrogen-bond donors (Lipinski definition) is 3. The molecule has 0 aliphatic heterocycles. The first-order chi connectivity index (χ1) is 9.69. The third kappa shape index (κ3) is 6.60. The van der Waals surface area contributed by atoms with Crippen molar-refractivity contribution in [2.75, 3.05) is 6.54 Å². The molecule has 118 valence electrons. The average molecular weight is 295 g/mol. The number of nitrogens with one attached hydrogen (secondary N) is 1. The topological polar surface area (TPSA) is 78.8 Å². The van der Waals surface area contributed by atoms with Crippen LogP contribution in [0.4, 0.5) is 0 Å². The molecule has 0 heterocycles. The van der Waals surface area contributed by atoms with E-state index in [9.17, 15) is 15.0 Å². The lowest BCUT2D eigenvalue weighted by molar-refractivity contribution is -0.119. The molecule has 5 heteroatoms. The Morgan fingerprint density at radius 3 is 2.29 bits per heavy atom. The highest BCUT2D eigenvalue weighted by Gasteiger charge is 2.18. The van der Waals surface area contributed by atoms with E-state index in [0.29, 0.717) is 24.3 Å². The quantitative estimate of drug-likeness (QED) is 0.747. The molecule has 1 amide bonds. The molecule has 2 unspecified atom stereocenters. The lowest BCUT2D eigenvalue weighted by atomic mass is 10.0. The predicted molar refractivity (Wildman–Crippen MR) is 81.1 cm³/mol. The fourth-order valence-electron chi connectivity index (χ4n) is 1.86. The molecule has 0 radical (unpaired) electrons. The smallest absolute Gasteiger partial charge is 0.216 e. The van der Waals surface area contributed by atoms with Crippen LogP contribution in [0.2, 0.25) is 0 Å². The van der Waals surface area contributed by atoms with Crippen LogP contribution in [0.1, 0.15) is 45.8 Å². The van der Waals surface area contributed by atoms with Gasteiger partial charge in [0.2, 0.25) is 5.91 Å². The van der Waals surface area contributed by atoms with Crippen LogP contribution >= 0.6 is 0 Å². The number of benzene rings is 1. The molecule has 5 nitrogen and oxygen atoms in total.